The first-order valence-corrected chi connectivity index (χ1v) is 6.72. The molecule has 1 N–H and O–H groups in total. The number of aromatic nitrogens is 2. The summed E-state index contributed by atoms with van der Waals surface area (Å²) in [4.78, 5) is 11.3. The van der Waals surface area contributed by atoms with E-state index in [2.05, 4.69) is 40.1 Å². The largest absolute Gasteiger partial charge is 0.351 e. The number of hydrogen-bond acceptors (Lipinski definition) is 4. The second kappa shape index (κ2) is 6.50. The van der Waals surface area contributed by atoms with Crippen molar-refractivity contribution >= 4 is 5.82 Å². The van der Waals surface area contributed by atoms with Crippen molar-refractivity contribution in [2.45, 2.75) is 33.2 Å². The first-order chi connectivity index (χ1) is 8.79. The van der Waals surface area contributed by atoms with Crippen molar-refractivity contribution in [3.63, 3.8) is 0 Å². The normalized spacial score (nSPS) is 15.7. The van der Waals surface area contributed by atoms with E-state index in [1.54, 1.807) is 0 Å². The van der Waals surface area contributed by atoms with Gasteiger partial charge in [0.2, 0.25) is 0 Å². The number of anilines is 1. The molecule has 0 spiro atoms. The molecule has 0 aromatic carbocycles. The Hall–Kier alpha value is -1.42. The molecule has 1 aromatic heterocycles. The molecule has 0 radical (unpaired) electrons. The summed E-state index contributed by atoms with van der Waals surface area (Å²) >= 11 is 0. The molecular formula is C14H22N4. The van der Waals surface area contributed by atoms with Crippen LogP contribution < -0.4 is 10.2 Å². The van der Waals surface area contributed by atoms with Gasteiger partial charge in [-0.3, -0.25) is 4.98 Å². The topological polar surface area (TPSA) is 41.1 Å². The SMILES string of the molecule is CCCNCc1cnc(N2CCC=C(C)C2)cn1. The summed E-state index contributed by atoms with van der Waals surface area (Å²) in [6, 6.07) is 0. The molecule has 1 aromatic rings. The molecule has 18 heavy (non-hydrogen) atoms. The zero-order chi connectivity index (χ0) is 12.8. The molecule has 2 rings (SSSR count). The van der Waals surface area contributed by atoms with Crippen LogP contribution in [0.15, 0.2) is 24.0 Å². The van der Waals surface area contributed by atoms with Gasteiger partial charge in [-0.15, -0.1) is 0 Å². The van der Waals surface area contributed by atoms with Crippen LogP contribution in [-0.2, 0) is 6.54 Å². The van der Waals surface area contributed by atoms with Gasteiger partial charge in [0.05, 0.1) is 18.1 Å². The van der Waals surface area contributed by atoms with E-state index >= 15 is 0 Å². The minimum absolute atomic E-state index is 0.806. The molecule has 1 aliphatic rings. The Morgan fingerprint density at radius 1 is 1.33 bits per heavy atom. The third-order valence-electron chi connectivity index (χ3n) is 3.08. The van der Waals surface area contributed by atoms with Gasteiger partial charge in [-0.25, -0.2) is 4.98 Å². The van der Waals surface area contributed by atoms with E-state index in [0.29, 0.717) is 0 Å². The quantitative estimate of drug-likeness (QED) is 0.638. The fourth-order valence-electron chi connectivity index (χ4n) is 2.10. The van der Waals surface area contributed by atoms with Gasteiger partial charge >= 0.3 is 0 Å². The Bertz CT molecular complexity index is 397. The first-order valence-electron chi connectivity index (χ1n) is 6.72. The maximum atomic E-state index is 4.51. The Morgan fingerprint density at radius 3 is 2.89 bits per heavy atom. The van der Waals surface area contributed by atoms with Crippen molar-refractivity contribution in [2.75, 3.05) is 24.5 Å². The van der Waals surface area contributed by atoms with Gasteiger partial charge in [0, 0.05) is 19.6 Å². The molecule has 1 aliphatic heterocycles. The lowest BCUT2D eigenvalue weighted by atomic mass is 10.1. The van der Waals surface area contributed by atoms with E-state index in [0.717, 1.165) is 50.5 Å². The second-order valence-corrected chi connectivity index (χ2v) is 4.80. The lowest BCUT2D eigenvalue weighted by molar-refractivity contribution is 0.661. The minimum Gasteiger partial charge on any atom is -0.351 e. The highest BCUT2D eigenvalue weighted by atomic mass is 15.2. The third-order valence-corrected chi connectivity index (χ3v) is 3.08. The maximum absolute atomic E-state index is 4.51. The molecule has 98 valence electrons. The monoisotopic (exact) mass is 246 g/mol. The smallest absolute Gasteiger partial charge is 0.147 e. The molecule has 0 atom stereocenters. The van der Waals surface area contributed by atoms with Crippen molar-refractivity contribution in [2.24, 2.45) is 0 Å². The highest BCUT2D eigenvalue weighted by Gasteiger charge is 2.11. The van der Waals surface area contributed by atoms with Crippen molar-refractivity contribution in [3.05, 3.63) is 29.7 Å². The highest BCUT2D eigenvalue weighted by molar-refractivity contribution is 5.39. The number of nitrogens with one attached hydrogen (secondary N) is 1. The molecule has 0 unspecified atom stereocenters. The van der Waals surface area contributed by atoms with Gasteiger partial charge in [-0.05, 0) is 26.3 Å². The van der Waals surface area contributed by atoms with Gasteiger partial charge in [-0.1, -0.05) is 18.6 Å². The Kier molecular flexibility index (Phi) is 4.70. The highest BCUT2D eigenvalue weighted by Crippen LogP contribution is 2.16. The van der Waals surface area contributed by atoms with Crippen LogP contribution in [-0.4, -0.2) is 29.6 Å². The molecule has 2 heterocycles. The van der Waals surface area contributed by atoms with Crippen LogP contribution in [0, 0.1) is 0 Å². The summed E-state index contributed by atoms with van der Waals surface area (Å²) in [5.41, 5.74) is 2.42. The molecular weight excluding hydrogens is 224 g/mol. The predicted octanol–water partition coefficient (Wildman–Crippen LogP) is 2.13. The number of nitrogens with zero attached hydrogens (tertiary/aromatic N) is 3. The van der Waals surface area contributed by atoms with E-state index in [9.17, 15) is 0 Å². The summed E-state index contributed by atoms with van der Waals surface area (Å²) in [7, 11) is 0. The summed E-state index contributed by atoms with van der Waals surface area (Å²) < 4.78 is 0. The van der Waals surface area contributed by atoms with E-state index < -0.39 is 0 Å². The van der Waals surface area contributed by atoms with Gasteiger partial charge in [0.15, 0.2) is 0 Å². The Balaban J connectivity index is 1.93. The van der Waals surface area contributed by atoms with E-state index in [1.165, 1.54) is 5.57 Å². The number of hydrogen-bond donors (Lipinski definition) is 1. The van der Waals surface area contributed by atoms with E-state index in [-0.39, 0.29) is 0 Å². The zero-order valence-corrected chi connectivity index (χ0v) is 11.3. The second-order valence-electron chi connectivity index (χ2n) is 4.80. The molecule has 0 aliphatic carbocycles. The standard InChI is InChI=1S/C14H22N4/c1-3-6-15-8-13-9-17-14(10-16-13)18-7-4-5-12(2)11-18/h5,9-10,15H,3-4,6-8,11H2,1-2H3. The van der Waals surface area contributed by atoms with Crippen LogP contribution in [0.2, 0.25) is 0 Å². The Morgan fingerprint density at radius 2 is 2.22 bits per heavy atom. The predicted molar refractivity (Wildman–Crippen MR) is 74.6 cm³/mol. The summed E-state index contributed by atoms with van der Waals surface area (Å²) in [5.74, 6) is 0.988. The summed E-state index contributed by atoms with van der Waals surface area (Å²) in [6.45, 7) is 8.18. The average molecular weight is 246 g/mol. The van der Waals surface area contributed by atoms with Crippen LogP contribution in [0.1, 0.15) is 32.4 Å². The lowest BCUT2D eigenvalue weighted by Crippen LogP contribution is -2.30. The molecule has 0 fully saturated rings. The van der Waals surface area contributed by atoms with Gasteiger partial charge in [0.25, 0.3) is 0 Å². The third kappa shape index (κ3) is 3.53. The van der Waals surface area contributed by atoms with Gasteiger partial charge in [0.1, 0.15) is 5.82 Å². The van der Waals surface area contributed by atoms with Crippen LogP contribution in [0.25, 0.3) is 0 Å². The van der Waals surface area contributed by atoms with Crippen molar-refractivity contribution in [3.8, 4) is 0 Å². The molecule has 0 saturated carbocycles. The Labute approximate surface area is 109 Å². The van der Waals surface area contributed by atoms with E-state index in [4.69, 9.17) is 0 Å². The molecule has 4 heteroatoms. The summed E-state index contributed by atoms with van der Waals surface area (Å²) in [5, 5.41) is 3.33. The van der Waals surface area contributed by atoms with Crippen LogP contribution in [0.4, 0.5) is 5.82 Å². The average Bonchev–Trinajstić information content (AvgIpc) is 2.40. The zero-order valence-electron chi connectivity index (χ0n) is 11.3. The van der Waals surface area contributed by atoms with Crippen LogP contribution in [0.3, 0.4) is 0 Å². The van der Waals surface area contributed by atoms with Crippen molar-refractivity contribution in [1.29, 1.82) is 0 Å². The molecule has 0 amide bonds. The fourth-order valence-corrected chi connectivity index (χ4v) is 2.10. The van der Waals surface area contributed by atoms with Crippen molar-refractivity contribution in [1.82, 2.24) is 15.3 Å². The minimum atomic E-state index is 0.806. The van der Waals surface area contributed by atoms with Gasteiger partial charge < -0.3 is 10.2 Å². The summed E-state index contributed by atoms with van der Waals surface area (Å²) in [6.07, 6.45) is 8.32. The molecule has 0 saturated heterocycles. The van der Waals surface area contributed by atoms with E-state index in [1.807, 2.05) is 12.4 Å². The van der Waals surface area contributed by atoms with Crippen molar-refractivity contribution < 1.29 is 0 Å². The fraction of sp³-hybridized carbons (Fsp3) is 0.571. The maximum Gasteiger partial charge on any atom is 0.147 e. The van der Waals surface area contributed by atoms with Gasteiger partial charge in [-0.2, -0.15) is 0 Å². The van der Waals surface area contributed by atoms with Crippen LogP contribution >= 0.6 is 0 Å². The molecule has 0 bridgehead atoms. The lowest BCUT2D eigenvalue weighted by Gasteiger charge is -2.26. The first kappa shape index (κ1) is 13.0. The molecule has 4 nitrogen and oxygen atoms in total. The number of rotatable bonds is 5. The van der Waals surface area contributed by atoms with Crippen LogP contribution in [0.5, 0.6) is 0 Å².